The van der Waals surface area contributed by atoms with Gasteiger partial charge in [-0.25, -0.2) is 0 Å². The number of benzene rings is 1. The topological polar surface area (TPSA) is 26.0 Å². The van der Waals surface area contributed by atoms with Gasteiger partial charge in [-0.1, -0.05) is 17.7 Å². The van der Waals surface area contributed by atoms with Crippen LogP contribution in [0, 0.1) is 3.57 Å². The minimum Gasteiger partial charge on any atom is -0.328 e. The summed E-state index contributed by atoms with van der Waals surface area (Å²) in [4.78, 5) is 0. The Morgan fingerprint density at radius 2 is 2.23 bits per heavy atom. The van der Waals surface area contributed by atoms with Crippen molar-refractivity contribution in [2.24, 2.45) is 5.73 Å². The summed E-state index contributed by atoms with van der Waals surface area (Å²) in [5, 5.41) is 0.854. The fourth-order valence-electron chi connectivity index (χ4n) is 1.11. The average Bonchev–Trinajstić information content (AvgIpc) is 2.02. The molecule has 72 valence electrons. The summed E-state index contributed by atoms with van der Waals surface area (Å²) in [6.45, 7) is 2.01. The standard InChI is InChI=1S/C10H13ClIN/c1-7(13)2-3-8-4-5-9(12)6-10(8)11/h4-7H,2-3,13H2,1H3. The Hall–Kier alpha value is 0.200. The van der Waals surface area contributed by atoms with Crippen molar-refractivity contribution in [1.29, 1.82) is 0 Å². The highest BCUT2D eigenvalue weighted by atomic mass is 127. The molecular weight excluding hydrogens is 296 g/mol. The summed E-state index contributed by atoms with van der Waals surface area (Å²) >= 11 is 8.32. The molecule has 0 saturated heterocycles. The molecule has 0 radical (unpaired) electrons. The van der Waals surface area contributed by atoms with E-state index in [0.29, 0.717) is 0 Å². The number of hydrogen-bond donors (Lipinski definition) is 1. The Morgan fingerprint density at radius 3 is 2.77 bits per heavy atom. The summed E-state index contributed by atoms with van der Waals surface area (Å²) in [7, 11) is 0. The van der Waals surface area contributed by atoms with Gasteiger partial charge in [0.2, 0.25) is 0 Å². The summed E-state index contributed by atoms with van der Waals surface area (Å²) in [5.41, 5.74) is 6.87. The van der Waals surface area contributed by atoms with Gasteiger partial charge in [0.05, 0.1) is 0 Å². The van der Waals surface area contributed by atoms with Crippen molar-refractivity contribution in [3.63, 3.8) is 0 Å². The average molecular weight is 310 g/mol. The lowest BCUT2D eigenvalue weighted by Gasteiger charge is -2.06. The highest BCUT2D eigenvalue weighted by Crippen LogP contribution is 2.20. The zero-order chi connectivity index (χ0) is 9.84. The maximum absolute atomic E-state index is 6.07. The molecule has 0 aromatic heterocycles. The molecule has 0 aliphatic rings. The van der Waals surface area contributed by atoms with Crippen LogP contribution < -0.4 is 5.73 Å². The van der Waals surface area contributed by atoms with Crippen LogP contribution in [0.5, 0.6) is 0 Å². The van der Waals surface area contributed by atoms with E-state index in [0.717, 1.165) is 17.9 Å². The molecule has 0 bridgehead atoms. The number of aryl methyl sites for hydroxylation is 1. The first-order valence-corrected chi connectivity index (χ1v) is 5.75. The lowest BCUT2D eigenvalue weighted by Crippen LogP contribution is -2.15. The van der Waals surface area contributed by atoms with Gasteiger partial charge in [-0.15, -0.1) is 0 Å². The normalized spacial score (nSPS) is 12.9. The first-order chi connectivity index (χ1) is 6.09. The molecule has 1 rings (SSSR count). The Labute approximate surface area is 97.8 Å². The van der Waals surface area contributed by atoms with Crippen LogP contribution in [0.15, 0.2) is 18.2 Å². The third-order valence-electron chi connectivity index (χ3n) is 1.88. The number of nitrogens with two attached hydrogens (primary N) is 1. The van der Waals surface area contributed by atoms with E-state index in [1.807, 2.05) is 13.0 Å². The molecule has 1 aromatic rings. The van der Waals surface area contributed by atoms with Gasteiger partial charge in [-0.3, -0.25) is 0 Å². The molecule has 1 unspecified atom stereocenters. The van der Waals surface area contributed by atoms with Gasteiger partial charge < -0.3 is 5.73 Å². The van der Waals surface area contributed by atoms with E-state index in [-0.39, 0.29) is 6.04 Å². The highest BCUT2D eigenvalue weighted by molar-refractivity contribution is 14.1. The van der Waals surface area contributed by atoms with Gasteiger partial charge in [-0.05, 0) is 60.1 Å². The van der Waals surface area contributed by atoms with E-state index in [1.165, 1.54) is 9.13 Å². The number of rotatable bonds is 3. The summed E-state index contributed by atoms with van der Waals surface area (Å²) in [5.74, 6) is 0. The molecule has 0 aliphatic heterocycles. The van der Waals surface area contributed by atoms with Crippen molar-refractivity contribution in [2.75, 3.05) is 0 Å². The molecule has 0 fully saturated rings. The lowest BCUT2D eigenvalue weighted by molar-refractivity contribution is 0.666. The van der Waals surface area contributed by atoms with Crippen LogP contribution in [0.2, 0.25) is 5.02 Å². The lowest BCUT2D eigenvalue weighted by atomic mass is 10.1. The van der Waals surface area contributed by atoms with E-state index in [2.05, 4.69) is 34.7 Å². The summed E-state index contributed by atoms with van der Waals surface area (Å²) < 4.78 is 1.17. The predicted octanol–water partition coefficient (Wildman–Crippen LogP) is 3.22. The molecule has 0 amide bonds. The molecule has 1 nitrogen and oxygen atoms in total. The molecular formula is C10H13ClIN. The quantitative estimate of drug-likeness (QED) is 0.852. The van der Waals surface area contributed by atoms with Gasteiger partial charge in [0.15, 0.2) is 0 Å². The second-order valence-corrected chi connectivity index (χ2v) is 4.90. The van der Waals surface area contributed by atoms with Gasteiger partial charge in [-0.2, -0.15) is 0 Å². The summed E-state index contributed by atoms with van der Waals surface area (Å²) in [6.07, 6.45) is 1.95. The Kier molecular flexibility index (Phi) is 4.49. The monoisotopic (exact) mass is 309 g/mol. The SMILES string of the molecule is CC(N)CCc1ccc(I)cc1Cl. The van der Waals surface area contributed by atoms with E-state index >= 15 is 0 Å². The van der Waals surface area contributed by atoms with E-state index in [1.54, 1.807) is 0 Å². The molecule has 3 heteroatoms. The molecule has 0 aliphatic carbocycles. The zero-order valence-electron chi connectivity index (χ0n) is 7.56. The molecule has 1 aromatic carbocycles. The van der Waals surface area contributed by atoms with Crippen molar-refractivity contribution in [1.82, 2.24) is 0 Å². The van der Waals surface area contributed by atoms with Crippen LogP contribution in [-0.4, -0.2) is 6.04 Å². The molecule has 13 heavy (non-hydrogen) atoms. The predicted molar refractivity (Wildman–Crippen MR) is 66.1 cm³/mol. The third-order valence-corrected chi connectivity index (χ3v) is 2.91. The minimum absolute atomic E-state index is 0.246. The highest BCUT2D eigenvalue weighted by Gasteiger charge is 2.02. The van der Waals surface area contributed by atoms with Crippen LogP contribution in [-0.2, 0) is 6.42 Å². The maximum Gasteiger partial charge on any atom is 0.0448 e. The van der Waals surface area contributed by atoms with Gasteiger partial charge in [0.1, 0.15) is 0 Å². The van der Waals surface area contributed by atoms with Crippen molar-refractivity contribution in [3.8, 4) is 0 Å². The molecule has 1 atom stereocenters. The maximum atomic E-state index is 6.07. The fourth-order valence-corrected chi connectivity index (χ4v) is 2.06. The van der Waals surface area contributed by atoms with Crippen molar-refractivity contribution < 1.29 is 0 Å². The van der Waals surface area contributed by atoms with Crippen molar-refractivity contribution >= 4 is 34.2 Å². The van der Waals surface area contributed by atoms with Crippen LogP contribution >= 0.6 is 34.2 Å². The van der Waals surface area contributed by atoms with Crippen molar-refractivity contribution in [2.45, 2.75) is 25.8 Å². The molecule has 2 N–H and O–H groups in total. The van der Waals surface area contributed by atoms with Crippen LogP contribution in [0.1, 0.15) is 18.9 Å². The Bertz CT molecular complexity index is 286. The second-order valence-electron chi connectivity index (χ2n) is 3.25. The second kappa shape index (κ2) is 5.17. The third kappa shape index (κ3) is 3.83. The van der Waals surface area contributed by atoms with E-state index < -0.39 is 0 Å². The first-order valence-electron chi connectivity index (χ1n) is 4.29. The van der Waals surface area contributed by atoms with Gasteiger partial charge in [0, 0.05) is 14.6 Å². The van der Waals surface area contributed by atoms with E-state index in [9.17, 15) is 0 Å². The van der Waals surface area contributed by atoms with Crippen molar-refractivity contribution in [3.05, 3.63) is 32.4 Å². The van der Waals surface area contributed by atoms with Crippen LogP contribution in [0.4, 0.5) is 0 Å². The van der Waals surface area contributed by atoms with E-state index in [4.69, 9.17) is 17.3 Å². The Balaban J connectivity index is 2.67. The first kappa shape index (κ1) is 11.3. The molecule has 0 heterocycles. The van der Waals surface area contributed by atoms with Gasteiger partial charge >= 0.3 is 0 Å². The Morgan fingerprint density at radius 1 is 1.54 bits per heavy atom. The fraction of sp³-hybridized carbons (Fsp3) is 0.400. The van der Waals surface area contributed by atoms with Gasteiger partial charge in [0.25, 0.3) is 0 Å². The zero-order valence-corrected chi connectivity index (χ0v) is 10.5. The largest absolute Gasteiger partial charge is 0.328 e. The number of halogens is 2. The molecule has 0 saturated carbocycles. The van der Waals surface area contributed by atoms with Crippen LogP contribution in [0.25, 0.3) is 0 Å². The van der Waals surface area contributed by atoms with Crippen LogP contribution in [0.3, 0.4) is 0 Å². The minimum atomic E-state index is 0.246. The molecule has 0 spiro atoms. The summed E-state index contributed by atoms with van der Waals surface area (Å²) in [6, 6.07) is 6.38. The smallest absolute Gasteiger partial charge is 0.0448 e. The number of hydrogen-bond acceptors (Lipinski definition) is 1.